The van der Waals surface area contributed by atoms with Crippen LogP contribution < -0.4 is 5.32 Å². The molecule has 1 unspecified atom stereocenters. The quantitative estimate of drug-likeness (QED) is 0.799. The lowest BCUT2D eigenvalue weighted by molar-refractivity contribution is 0.0934. The van der Waals surface area contributed by atoms with Crippen molar-refractivity contribution in [3.63, 3.8) is 0 Å². The van der Waals surface area contributed by atoms with Crippen LogP contribution in [-0.2, 0) is 0 Å². The Morgan fingerprint density at radius 1 is 1.22 bits per heavy atom. The molecule has 0 saturated carbocycles. The molecule has 0 aliphatic rings. The molecule has 0 fully saturated rings. The third kappa shape index (κ3) is 3.57. The van der Waals surface area contributed by atoms with Crippen LogP contribution in [0.3, 0.4) is 0 Å². The summed E-state index contributed by atoms with van der Waals surface area (Å²) in [6.07, 6.45) is 5.13. The number of rotatable bonds is 4. The van der Waals surface area contributed by atoms with Gasteiger partial charge >= 0.3 is 0 Å². The lowest BCUT2D eigenvalue weighted by Crippen LogP contribution is -2.27. The molecule has 1 atom stereocenters. The van der Waals surface area contributed by atoms with Gasteiger partial charge in [-0.25, -0.2) is 4.68 Å². The van der Waals surface area contributed by atoms with E-state index < -0.39 is 0 Å². The van der Waals surface area contributed by atoms with Gasteiger partial charge in [0.2, 0.25) is 0 Å². The highest BCUT2D eigenvalue weighted by Gasteiger charge is 2.14. The van der Waals surface area contributed by atoms with E-state index >= 15 is 0 Å². The molecular weight excluding hydrogens is 312 g/mol. The Bertz CT molecular complexity index is 816. The summed E-state index contributed by atoms with van der Waals surface area (Å²) >= 11 is 5.98. The van der Waals surface area contributed by atoms with Crippen LogP contribution in [0.4, 0.5) is 0 Å². The zero-order valence-corrected chi connectivity index (χ0v) is 13.2. The van der Waals surface area contributed by atoms with Gasteiger partial charge in [-0.05, 0) is 48.9 Å². The lowest BCUT2D eigenvalue weighted by atomic mass is 10.1. The molecule has 0 radical (unpaired) electrons. The van der Waals surface area contributed by atoms with Crippen molar-refractivity contribution in [2.24, 2.45) is 0 Å². The average molecular weight is 327 g/mol. The van der Waals surface area contributed by atoms with Crippen LogP contribution >= 0.6 is 11.6 Å². The number of hydrogen-bond donors (Lipinski definition) is 1. The summed E-state index contributed by atoms with van der Waals surface area (Å²) < 4.78 is 1.62. The van der Waals surface area contributed by atoms with E-state index in [1.807, 2.05) is 31.2 Å². The fraction of sp³-hybridized carbons (Fsp3) is 0.118. The van der Waals surface area contributed by atoms with Gasteiger partial charge in [-0.15, -0.1) is 0 Å². The number of amides is 1. The highest BCUT2D eigenvalue weighted by molar-refractivity contribution is 6.30. The van der Waals surface area contributed by atoms with E-state index in [1.54, 1.807) is 41.5 Å². The maximum Gasteiger partial charge on any atom is 0.272 e. The van der Waals surface area contributed by atoms with Crippen LogP contribution in [0.25, 0.3) is 5.69 Å². The standard InChI is InChI=1S/C17H15ClN4O/c1-12(13-5-8-19-9-6-13)20-17(23)16-7-10-22(21-16)15-4-2-3-14(18)11-15/h2-12H,1H3,(H,20,23). The predicted octanol–water partition coefficient (Wildman–Crippen LogP) is 3.41. The van der Waals surface area contributed by atoms with Crippen LogP contribution in [-0.4, -0.2) is 20.7 Å². The third-order valence-corrected chi connectivity index (χ3v) is 3.68. The first-order valence-corrected chi connectivity index (χ1v) is 7.53. The molecule has 0 aliphatic carbocycles. The van der Waals surface area contributed by atoms with E-state index in [0.29, 0.717) is 10.7 Å². The molecule has 1 amide bonds. The Hall–Kier alpha value is -2.66. The van der Waals surface area contributed by atoms with Crippen molar-refractivity contribution in [3.8, 4) is 5.69 Å². The second kappa shape index (κ2) is 6.62. The Balaban J connectivity index is 1.74. The number of nitrogens with one attached hydrogen (secondary N) is 1. The van der Waals surface area contributed by atoms with Gasteiger partial charge in [0.05, 0.1) is 11.7 Å². The number of pyridine rings is 1. The highest BCUT2D eigenvalue weighted by atomic mass is 35.5. The summed E-state index contributed by atoms with van der Waals surface area (Å²) in [7, 11) is 0. The van der Waals surface area contributed by atoms with Crippen LogP contribution in [0.2, 0.25) is 5.02 Å². The highest BCUT2D eigenvalue weighted by Crippen LogP contribution is 2.15. The van der Waals surface area contributed by atoms with Gasteiger partial charge in [0.1, 0.15) is 0 Å². The number of halogens is 1. The number of aromatic nitrogens is 3. The Morgan fingerprint density at radius 2 is 2.00 bits per heavy atom. The first-order chi connectivity index (χ1) is 11.1. The number of carbonyl (C=O) groups excluding carboxylic acids is 1. The summed E-state index contributed by atoms with van der Waals surface area (Å²) in [5.74, 6) is -0.227. The molecule has 0 bridgehead atoms. The minimum absolute atomic E-state index is 0.123. The van der Waals surface area contributed by atoms with Gasteiger partial charge in [0, 0.05) is 23.6 Å². The summed E-state index contributed by atoms with van der Waals surface area (Å²) in [5, 5.41) is 7.84. The van der Waals surface area contributed by atoms with E-state index in [-0.39, 0.29) is 11.9 Å². The van der Waals surface area contributed by atoms with Gasteiger partial charge in [0.15, 0.2) is 5.69 Å². The van der Waals surface area contributed by atoms with Crippen LogP contribution in [0.15, 0.2) is 61.1 Å². The summed E-state index contributed by atoms with van der Waals surface area (Å²) in [5.41, 5.74) is 2.15. The molecule has 2 heterocycles. The van der Waals surface area contributed by atoms with E-state index in [9.17, 15) is 4.79 Å². The molecule has 6 heteroatoms. The van der Waals surface area contributed by atoms with Crippen molar-refractivity contribution in [3.05, 3.63) is 77.3 Å². The zero-order valence-electron chi connectivity index (χ0n) is 12.5. The predicted molar refractivity (Wildman–Crippen MR) is 88.7 cm³/mol. The van der Waals surface area contributed by atoms with Crippen molar-refractivity contribution in [1.82, 2.24) is 20.1 Å². The molecule has 116 valence electrons. The second-order valence-corrected chi connectivity index (χ2v) is 5.54. The zero-order chi connectivity index (χ0) is 16.2. The van der Waals surface area contributed by atoms with Crippen molar-refractivity contribution < 1.29 is 4.79 Å². The molecule has 0 aliphatic heterocycles. The van der Waals surface area contributed by atoms with Crippen molar-refractivity contribution in [2.45, 2.75) is 13.0 Å². The Morgan fingerprint density at radius 3 is 2.74 bits per heavy atom. The Kier molecular flexibility index (Phi) is 4.39. The van der Waals surface area contributed by atoms with Crippen LogP contribution in [0.5, 0.6) is 0 Å². The third-order valence-electron chi connectivity index (χ3n) is 3.45. The van der Waals surface area contributed by atoms with Crippen molar-refractivity contribution in [1.29, 1.82) is 0 Å². The van der Waals surface area contributed by atoms with Gasteiger partial charge in [0.25, 0.3) is 5.91 Å². The van der Waals surface area contributed by atoms with Crippen molar-refractivity contribution >= 4 is 17.5 Å². The molecular formula is C17H15ClN4O. The average Bonchev–Trinajstić information content (AvgIpc) is 3.06. The van der Waals surface area contributed by atoms with Crippen molar-refractivity contribution in [2.75, 3.05) is 0 Å². The molecule has 0 spiro atoms. The fourth-order valence-corrected chi connectivity index (χ4v) is 2.40. The van der Waals surface area contributed by atoms with Gasteiger partial charge in [-0.1, -0.05) is 17.7 Å². The minimum atomic E-state index is -0.227. The number of nitrogens with zero attached hydrogens (tertiary/aromatic N) is 3. The van der Waals surface area contributed by atoms with E-state index in [1.165, 1.54) is 0 Å². The monoisotopic (exact) mass is 326 g/mol. The maximum absolute atomic E-state index is 12.3. The second-order valence-electron chi connectivity index (χ2n) is 5.10. The van der Waals surface area contributed by atoms with Crippen LogP contribution in [0.1, 0.15) is 29.0 Å². The Labute approximate surface area is 138 Å². The van der Waals surface area contributed by atoms with Gasteiger partial charge in [-0.2, -0.15) is 5.10 Å². The fourth-order valence-electron chi connectivity index (χ4n) is 2.21. The number of hydrogen-bond acceptors (Lipinski definition) is 3. The topological polar surface area (TPSA) is 59.8 Å². The maximum atomic E-state index is 12.3. The van der Waals surface area contributed by atoms with E-state index in [2.05, 4.69) is 15.4 Å². The molecule has 0 saturated heterocycles. The molecule has 23 heavy (non-hydrogen) atoms. The largest absolute Gasteiger partial charge is 0.344 e. The first kappa shape index (κ1) is 15.2. The van der Waals surface area contributed by atoms with Crippen LogP contribution in [0, 0.1) is 0 Å². The smallest absolute Gasteiger partial charge is 0.272 e. The molecule has 1 N–H and O–H groups in total. The summed E-state index contributed by atoms with van der Waals surface area (Å²) in [6, 6.07) is 12.6. The first-order valence-electron chi connectivity index (χ1n) is 7.16. The van der Waals surface area contributed by atoms with E-state index in [0.717, 1.165) is 11.3 Å². The number of carbonyl (C=O) groups is 1. The van der Waals surface area contributed by atoms with E-state index in [4.69, 9.17) is 11.6 Å². The lowest BCUT2D eigenvalue weighted by Gasteiger charge is -2.12. The SMILES string of the molecule is CC(NC(=O)c1ccn(-c2cccc(Cl)c2)n1)c1ccncc1. The minimum Gasteiger partial charge on any atom is -0.344 e. The van der Waals surface area contributed by atoms with Gasteiger partial charge in [-0.3, -0.25) is 9.78 Å². The van der Waals surface area contributed by atoms with Gasteiger partial charge < -0.3 is 5.32 Å². The molecule has 2 aromatic heterocycles. The molecule has 5 nitrogen and oxygen atoms in total. The number of benzene rings is 1. The molecule has 1 aromatic carbocycles. The normalized spacial score (nSPS) is 11.9. The molecule has 3 rings (SSSR count). The summed E-state index contributed by atoms with van der Waals surface area (Å²) in [4.78, 5) is 16.3. The summed E-state index contributed by atoms with van der Waals surface area (Å²) in [6.45, 7) is 1.92. The molecule has 3 aromatic rings.